The third kappa shape index (κ3) is 3.98. The van der Waals surface area contributed by atoms with Gasteiger partial charge in [0.2, 0.25) is 0 Å². The van der Waals surface area contributed by atoms with Crippen LogP contribution in [0.5, 0.6) is 0 Å². The summed E-state index contributed by atoms with van der Waals surface area (Å²) >= 11 is 0. The Morgan fingerprint density at radius 1 is 1.22 bits per heavy atom. The van der Waals surface area contributed by atoms with Crippen LogP contribution in [0.15, 0.2) is 34.9 Å². The maximum atomic E-state index is 13.3. The Hall–Kier alpha value is -3.26. The van der Waals surface area contributed by atoms with Crippen molar-refractivity contribution in [1.82, 2.24) is 19.9 Å². The molecule has 0 aliphatic carbocycles. The van der Waals surface area contributed by atoms with Gasteiger partial charge in [-0.1, -0.05) is 37.2 Å². The van der Waals surface area contributed by atoms with Crippen molar-refractivity contribution in [2.45, 2.75) is 32.8 Å². The molecule has 2 amide bonds. The van der Waals surface area contributed by atoms with Gasteiger partial charge in [0.05, 0.1) is 35.6 Å². The Morgan fingerprint density at radius 2 is 1.97 bits per heavy atom. The van der Waals surface area contributed by atoms with Crippen LogP contribution in [-0.2, 0) is 4.74 Å². The number of amides is 2. The molecule has 0 radical (unpaired) electrons. The molecule has 2 aromatic heterocycles. The number of carbonyl (C=O) groups excluding carboxylic acids is 2. The molecule has 168 valence electrons. The molecule has 1 saturated heterocycles. The van der Waals surface area contributed by atoms with Gasteiger partial charge in [0, 0.05) is 26.0 Å². The summed E-state index contributed by atoms with van der Waals surface area (Å²) in [6.45, 7) is 6.91. The summed E-state index contributed by atoms with van der Waals surface area (Å²) in [7, 11) is 3.45. The maximum Gasteiger partial charge on any atom is 0.259 e. The summed E-state index contributed by atoms with van der Waals surface area (Å²) in [6.07, 6.45) is -0.436. The second-order valence-electron chi connectivity index (χ2n) is 8.58. The molecular formula is C24H28N4O4. The number of pyridine rings is 1. The average Bonchev–Trinajstić information content (AvgIpc) is 3.19. The first kappa shape index (κ1) is 22.0. The molecule has 3 aromatic rings. The van der Waals surface area contributed by atoms with Gasteiger partial charge in [-0.3, -0.25) is 9.59 Å². The van der Waals surface area contributed by atoms with E-state index in [9.17, 15) is 9.59 Å². The molecular weight excluding hydrogens is 408 g/mol. The summed E-state index contributed by atoms with van der Waals surface area (Å²) in [5, 5.41) is 4.87. The van der Waals surface area contributed by atoms with Crippen LogP contribution in [0, 0.1) is 6.92 Å². The van der Waals surface area contributed by atoms with Crippen molar-refractivity contribution in [3.05, 3.63) is 58.6 Å². The summed E-state index contributed by atoms with van der Waals surface area (Å²) in [5.41, 5.74) is 3.12. The second kappa shape index (κ2) is 8.70. The molecule has 8 nitrogen and oxygen atoms in total. The molecule has 1 unspecified atom stereocenters. The highest BCUT2D eigenvalue weighted by molar-refractivity contribution is 6.06. The van der Waals surface area contributed by atoms with E-state index < -0.39 is 6.10 Å². The highest BCUT2D eigenvalue weighted by Crippen LogP contribution is 2.29. The molecule has 1 fully saturated rings. The van der Waals surface area contributed by atoms with Crippen LogP contribution in [0.4, 0.5) is 0 Å². The topological polar surface area (TPSA) is 88.8 Å². The van der Waals surface area contributed by atoms with E-state index in [0.29, 0.717) is 48.0 Å². The third-order valence-corrected chi connectivity index (χ3v) is 5.71. The first-order valence-corrected chi connectivity index (χ1v) is 10.8. The molecule has 3 heterocycles. The minimum absolute atomic E-state index is 0.0741. The van der Waals surface area contributed by atoms with E-state index >= 15 is 0 Å². The summed E-state index contributed by atoms with van der Waals surface area (Å²) in [6, 6.07) is 9.34. The van der Waals surface area contributed by atoms with E-state index in [-0.39, 0.29) is 17.7 Å². The van der Waals surface area contributed by atoms with Crippen molar-refractivity contribution in [3.8, 4) is 0 Å². The average molecular weight is 437 g/mol. The molecule has 1 atom stereocenters. The van der Waals surface area contributed by atoms with Gasteiger partial charge in [0.15, 0.2) is 0 Å². The number of benzene rings is 1. The Bertz CT molecular complexity index is 1170. The van der Waals surface area contributed by atoms with Crippen LogP contribution >= 0.6 is 0 Å². The zero-order chi connectivity index (χ0) is 23.0. The van der Waals surface area contributed by atoms with Crippen molar-refractivity contribution >= 4 is 22.7 Å². The Kier molecular flexibility index (Phi) is 5.97. The van der Waals surface area contributed by atoms with E-state index in [4.69, 9.17) is 14.2 Å². The monoisotopic (exact) mass is 436 g/mol. The second-order valence-corrected chi connectivity index (χ2v) is 8.58. The fourth-order valence-electron chi connectivity index (χ4n) is 3.99. The molecule has 0 saturated carbocycles. The Morgan fingerprint density at radius 3 is 2.69 bits per heavy atom. The number of carbonyl (C=O) groups is 2. The number of hydrogen-bond donors (Lipinski definition) is 0. The van der Waals surface area contributed by atoms with Gasteiger partial charge in [0.1, 0.15) is 17.4 Å². The number of ether oxygens (including phenoxy) is 1. The molecule has 1 aliphatic heterocycles. The quantitative estimate of drug-likeness (QED) is 0.621. The molecule has 32 heavy (non-hydrogen) atoms. The molecule has 0 N–H and O–H groups in total. The zero-order valence-corrected chi connectivity index (χ0v) is 19.1. The molecule has 8 heteroatoms. The minimum Gasteiger partial charge on any atom is -0.368 e. The zero-order valence-electron chi connectivity index (χ0n) is 19.1. The number of fused-ring (bicyclic) bond motifs is 1. The summed E-state index contributed by atoms with van der Waals surface area (Å²) in [5.74, 6) is 0.371. The maximum absolute atomic E-state index is 13.3. The van der Waals surface area contributed by atoms with Crippen LogP contribution in [0.3, 0.4) is 0 Å². The molecule has 0 bridgehead atoms. The normalized spacial score (nSPS) is 16.6. The summed E-state index contributed by atoms with van der Waals surface area (Å²) in [4.78, 5) is 34.2. The third-order valence-electron chi connectivity index (χ3n) is 5.71. The van der Waals surface area contributed by atoms with Gasteiger partial charge in [-0.2, -0.15) is 0 Å². The largest absolute Gasteiger partial charge is 0.368 e. The summed E-state index contributed by atoms with van der Waals surface area (Å²) < 4.78 is 11.3. The van der Waals surface area contributed by atoms with E-state index in [1.807, 2.05) is 38.1 Å². The Balaban J connectivity index is 1.68. The van der Waals surface area contributed by atoms with Crippen LogP contribution < -0.4 is 0 Å². The SMILES string of the molecule is Cc1onc(C(C)C)c1C(=O)N1CCOC(c2cc(C(=O)N(C)C)c3ccccc3n2)C1. The highest BCUT2D eigenvalue weighted by Gasteiger charge is 2.32. The van der Waals surface area contributed by atoms with Crippen molar-refractivity contribution in [2.75, 3.05) is 33.8 Å². The number of aromatic nitrogens is 2. The van der Waals surface area contributed by atoms with Crippen molar-refractivity contribution in [1.29, 1.82) is 0 Å². The predicted molar refractivity (Wildman–Crippen MR) is 120 cm³/mol. The number of nitrogens with zero attached hydrogens (tertiary/aromatic N) is 4. The van der Waals surface area contributed by atoms with Gasteiger partial charge < -0.3 is 19.1 Å². The van der Waals surface area contributed by atoms with E-state index in [2.05, 4.69) is 5.16 Å². The smallest absolute Gasteiger partial charge is 0.259 e. The van der Waals surface area contributed by atoms with Gasteiger partial charge in [0.25, 0.3) is 11.8 Å². The van der Waals surface area contributed by atoms with Crippen LogP contribution in [0.1, 0.15) is 63.7 Å². The highest BCUT2D eigenvalue weighted by atomic mass is 16.5. The lowest BCUT2D eigenvalue weighted by atomic mass is 10.0. The van der Waals surface area contributed by atoms with E-state index in [0.717, 1.165) is 10.9 Å². The van der Waals surface area contributed by atoms with Crippen molar-refractivity contribution in [3.63, 3.8) is 0 Å². The van der Waals surface area contributed by atoms with Crippen molar-refractivity contribution < 1.29 is 18.8 Å². The van der Waals surface area contributed by atoms with Crippen LogP contribution in [0.2, 0.25) is 0 Å². The predicted octanol–water partition coefficient (Wildman–Crippen LogP) is 3.57. The number of rotatable bonds is 4. The molecule has 1 aromatic carbocycles. The lowest BCUT2D eigenvalue weighted by Crippen LogP contribution is -2.43. The fourth-order valence-corrected chi connectivity index (χ4v) is 3.99. The van der Waals surface area contributed by atoms with Gasteiger partial charge in [-0.05, 0) is 25.0 Å². The van der Waals surface area contributed by atoms with E-state index in [1.54, 1.807) is 36.9 Å². The number of para-hydroxylation sites is 1. The molecule has 0 spiro atoms. The first-order chi connectivity index (χ1) is 15.3. The number of morpholine rings is 1. The first-order valence-electron chi connectivity index (χ1n) is 10.8. The fraction of sp³-hybridized carbons (Fsp3) is 0.417. The van der Waals surface area contributed by atoms with Crippen molar-refractivity contribution in [2.24, 2.45) is 0 Å². The van der Waals surface area contributed by atoms with Gasteiger partial charge in [-0.15, -0.1) is 0 Å². The lowest BCUT2D eigenvalue weighted by Gasteiger charge is -2.33. The van der Waals surface area contributed by atoms with Crippen LogP contribution in [-0.4, -0.2) is 65.5 Å². The van der Waals surface area contributed by atoms with E-state index in [1.165, 1.54) is 0 Å². The number of aryl methyl sites for hydroxylation is 1. The number of hydrogen-bond acceptors (Lipinski definition) is 6. The standard InChI is InChI=1S/C24H28N4O4/c1-14(2)22-21(15(3)32-26-22)24(30)28-10-11-31-20(13-28)19-12-17(23(29)27(4)5)16-8-6-7-9-18(16)25-19/h6-9,12,14,20H,10-11,13H2,1-5H3. The van der Waals surface area contributed by atoms with Crippen LogP contribution in [0.25, 0.3) is 10.9 Å². The van der Waals surface area contributed by atoms with Gasteiger partial charge >= 0.3 is 0 Å². The lowest BCUT2D eigenvalue weighted by molar-refractivity contribution is -0.0247. The van der Waals surface area contributed by atoms with Gasteiger partial charge in [-0.25, -0.2) is 4.98 Å². The molecule has 4 rings (SSSR count). The minimum atomic E-state index is -0.436. The molecule has 1 aliphatic rings. The Labute approximate surface area is 187 Å².